The van der Waals surface area contributed by atoms with Gasteiger partial charge in [0.05, 0.1) is 0 Å². The third-order valence-electron chi connectivity index (χ3n) is 3.15. The van der Waals surface area contributed by atoms with Crippen LogP contribution in [0.15, 0.2) is 12.1 Å². The van der Waals surface area contributed by atoms with Crippen molar-refractivity contribution >= 4 is 11.3 Å². The first-order chi connectivity index (χ1) is 6.70. The molecule has 0 radical (unpaired) electrons. The predicted molar refractivity (Wildman–Crippen MR) is 63.1 cm³/mol. The van der Waals surface area contributed by atoms with Crippen molar-refractivity contribution in [3.63, 3.8) is 0 Å². The van der Waals surface area contributed by atoms with E-state index in [9.17, 15) is 0 Å². The fourth-order valence-corrected chi connectivity index (χ4v) is 3.54. The van der Waals surface area contributed by atoms with Crippen molar-refractivity contribution in [2.75, 3.05) is 0 Å². The van der Waals surface area contributed by atoms with Crippen molar-refractivity contribution in [2.24, 2.45) is 0 Å². The van der Waals surface area contributed by atoms with Gasteiger partial charge in [-0.3, -0.25) is 0 Å². The quantitative estimate of drug-likeness (QED) is 0.789. The maximum atomic E-state index is 3.60. The van der Waals surface area contributed by atoms with Crippen LogP contribution in [0.2, 0.25) is 0 Å². The van der Waals surface area contributed by atoms with E-state index in [1.54, 1.807) is 4.88 Å². The topological polar surface area (TPSA) is 12.0 Å². The Morgan fingerprint density at radius 3 is 2.71 bits per heavy atom. The molecule has 2 heteroatoms. The monoisotopic (exact) mass is 209 g/mol. The number of nitrogens with one attached hydrogen (secondary N) is 1. The Hall–Kier alpha value is -0.340. The minimum atomic E-state index is 0.647. The highest BCUT2D eigenvalue weighted by molar-refractivity contribution is 7.12. The standard InChI is InChI=1S/C12H19NS/c1-4-10-5-6-12(14-10)11-7-8(2)13-9(11)3/h5-6,8-9,11,13H,4,7H2,1-3H3. The zero-order valence-electron chi connectivity index (χ0n) is 9.21. The molecule has 1 N–H and O–H groups in total. The molecule has 1 aliphatic rings. The van der Waals surface area contributed by atoms with Crippen LogP contribution < -0.4 is 5.32 Å². The Morgan fingerprint density at radius 2 is 2.21 bits per heavy atom. The van der Waals surface area contributed by atoms with Crippen LogP contribution in [0.1, 0.15) is 42.9 Å². The number of thiophene rings is 1. The number of hydrogen-bond acceptors (Lipinski definition) is 2. The van der Waals surface area contributed by atoms with Crippen LogP contribution in [0.25, 0.3) is 0 Å². The summed E-state index contributed by atoms with van der Waals surface area (Å²) >= 11 is 2.00. The second-order valence-electron chi connectivity index (χ2n) is 4.36. The number of hydrogen-bond donors (Lipinski definition) is 1. The molecule has 1 aromatic rings. The first-order valence-electron chi connectivity index (χ1n) is 5.55. The van der Waals surface area contributed by atoms with Crippen molar-refractivity contribution in [3.8, 4) is 0 Å². The molecule has 0 spiro atoms. The van der Waals surface area contributed by atoms with Gasteiger partial charge in [0.2, 0.25) is 0 Å². The average Bonchev–Trinajstić information content (AvgIpc) is 2.71. The third-order valence-corrected chi connectivity index (χ3v) is 4.52. The van der Waals surface area contributed by atoms with Crippen LogP contribution in [0.4, 0.5) is 0 Å². The zero-order valence-corrected chi connectivity index (χ0v) is 10.0. The van der Waals surface area contributed by atoms with Crippen LogP contribution in [0, 0.1) is 0 Å². The Kier molecular flexibility index (Phi) is 2.93. The van der Waals surface area contributed by atoms with Crippen LogP contribution in [-0.4, -0.2) is 12.1 Å². The van der Waals surface area contributed by atoms with Gasteiger partial charge in [-0.05, 0) is 38.8 Å². The normalized spacial score (nSPS) is 32.4. The molecule has 0 bridgehead atoms. The van der Waals surface area contributed by atoms with Crippen molar-refractivity contribution in [1.29, 1.82) is 0 Å². The Morgan fingerprint density at radius 1 is 1.43 bits per heavy atom. The molecule has 1 aromatic heterocycles. The highest BCUT2D eigenvalue weighted by atomic mass is 32.1. The summed E-state index contributed by atoms with van der Waals surface area (Å²) in [6, 6.07) is 5.94. The van der Waals surface area contributed by atoms with Crippen LogP contribution in [-0.2, 0) is 6.42 Å². The summed E-state index contributed by atoms with van der Waals surface area (Å²) in [7, 11) is 0. The van der Waals surface area contributed by atoms with E-state index in [4.69, 9.17) is 0 Å². The largest absolute Gasteiger partial charge is 0.311 e. The van der Waals surface area contributed by atoms with E-state index < -0.39 is 0 Å². The van der Waals surface area contributed by atoms with Gasteiger partial charge < -0.3 is 5.32 Å². The fraction of sp³-hybridized carbons (Fsp3) is 0.667. The van der Waals surface area contributed by atoms with E-state index in [0.29, 0.717) is 12.1 Å². The summed E-state index contributed by atoms with van der Waals surface area (Å²) in [4.78, 5) is 3.10. The molecule has 2 rings (SSSR count). The van der Waals surface area contributed by atoms with Crippen LogP contribution in [0.5, 0.6) is 0 Å². The van der Waals surface area contributed by atoms with E-state index in [1.165, 1.54) is 17.7 Å². The fourth-order valence-electron chi connectivity index (χ4n) is 2.36. The lowest BCUT2D eigenvalue weighted by molar-refractivity contribution is 0.578. The molecule has 1 fully saturated rings. The van der Waals surface area contributed by atoms with Gasteiger partial charge in [0.1, 0.15) is 0 Å². The summed E-state index contributed by atoms with van der Waals surface area (Å²) in [6.45, 7) is 6.82. The first kappa shape index (κ1) is 10.2. The molecule has 3 atom stereocenters. The first-order valence-corrected chi connectivity index (χ1v) is 6.37. The van der Waals surface area contributed by atoms with Crippen molar-refractivity contribution in [1.82, 2.24) is 5.32 Å². The van der Waals surface area contributed by atoms with E-state index >= 15 is 0 Å². The summed E-state index contributed by atoms with van der Waals surface area (Å²) in [5.41, 5.74) is 0. The van der Waals surface area contributed by atoms with Crippen molar-refractivity contribution < 1.29 is 0 Å². The van der Waals surface area contributed by atoms with E-state index in [0.717, 1.165) is 5.92 Å². The zero-order chi connectivity index (χ0) is 10.1. The number of aryl methyl sites for hydroxylation is 1. The Bertz CT molecular complexity index is 305. The van der Waals surface area contributed by atoms with Gasteiger partial charge in [0.15, 0.2) is 0 Å². The van der Waals surface area contributed by atoms with Crippen molar-refractivity contribution in [3.05, 3.63) is 21.9 Å². The van der Waals surface area contributed by atoms with Gasteiger partial charge >= 0.3 is 0 Å². The molecule has 0 amide bonds. The van der Waals surface area contributed by atoms with Crippen molar-refractivity contribution in [2.45, 2.75) is 51.6 Å². The lowest BCUT2D eigenvalue weighted by Gasteiger charge is -2.12. The van der Waals surface area contributed by atoms with Gasteiger partial charge in [-0.1, -0.05) is 6.92 Å². The molecule has 1 nitrogen and oxygen atoms in total. The van der Waals surface area contributed by atoms with E-state index in [1.807, 2.05) is 11.3 Å². The van der Waals surface area contributed by atoms with Gasteiger partial charge in [0.25, 0.3) is 0 Å². The lowest BCUT2D eigenvalue weighted by Crippen LogP contribution is -2.25. The summed E-state index contributed by atoms with van der Waals surface area (Å²) in [5, 5.41) is 3.60. The van der Waals surface area contributed by atoms with Gasteiger partial charge in [-0.2, -0.15) is 0 Å². The molecular weight excluding hydrogens is 190 g/mol. The minimum absolute atomic E-state index is 0.647. The second kappa shape index (κ2) is 4.03. The van der Waals surface area contributed by atoms with E-state index in [2.05, 4.69) is 38.2 Å². The minimum Gasteiger partial charge on any atom is -0.311 e. The lowest BCUT2D eigenvalue weighted by atomic mass is 9.99. The summed E-state index contributed by atoms with van der Waals surface area (Å²) in [5.74, 6) is 0.746. The molecule has 78 valence electrons. The summed E-state index contributed by atoms with van der Waals surface area (Å²) in [6.07, 6.45) is 2.47. The second-order valence-corrected chi connectivity index (χ2v) is 5.56. The molecule has 1 aliphatic heterocycles. The molecule has 0 saturated carbocycles. The third kappa shape index (κ3) is 1.86. The Balaban J connectivity index is 2.14. The van der Waals surface area contributed by atoms with E-state index in [-0.39, 0.29) is 0 Å². The maximum absolute atomic E-state index is 3.60. The van der Waals surface area contributed by atoms with Gasteiger partial charge in [-0.25, -0.2) is 0 Å². The molecular formula is C12H19NS. The van der Waals surface area contributed by atoms with Gasteiger partial charge in [-0.15, -0.1) is 11.3 Å². The average molecular weight is 209 g/mol. The highest BCUT2D eigenvalue weighted by Gasteiger charge is 2.29. The Labute approximate surface area is 90.5 Å². The SMILES string of the molecule is CCc1ccc(C2CC(C)NC2C)s1. The molecule has 3 unspecified atom stereocenters. The molecule has 0 aromatic carbocycles. The maximum Gasteiger partial charge on any atom is 0.0118 e. The van der Waals surface area contributed by atoms with Crippen LogP contribution in [0.3, 0.4) is 0 Å². The molecule has 0 aliphatic carbocycles. The molecule has 2 heterocycles. The van der Waals surface area contributed by atoms with Gasteiger partial charge in [0, 0.05) is 27.8 Å². The molecule has 1 saturated heterocycles. The predicted octanol–water partition coefficient (Wildman–Crippen LogP) is 3.16. The van der Waals surface area contributed by atoms with Crippen LogP contribution >= 0.6 is 11.3 Å². The number of rotatable bonds is 2. The highest BCUT2D eigenvalue weighted by Crippen LogP contribution is 2.34. The molecule has 14 heavy (non-hydrogen) atoms. The summed E-state index contributed by atoms with van der Waals surface area (Å²) < 4.78 is 0. The smallest absolute Gasteiger partial charge is 0.0118 e.